The van der Waals surface area contributed by atoms with Gasteiger partial charge in [0.2, 0.25) is 0 Å². The molecule has 0 spiro atoms. The van der Waals surface area contributed by atoms with Crippen molar-refractivity contribution in [1.29, 1.82) is 0 Å². The molecule has 0 unspecified atom stereocenters. The highest BCUT2D eigenvalue weighted by Gasteiger charge is 2.05. The highest BCUT2D eigenvalue weighted by molar-refractivity contribution is 5.45. The van der Waals surface area contributed by atoms with Crippen LogP contribution in [0, 0.1) is 19.8 Å². The first-order chi connectivity index (χ1) is 12.0. The van der Waals surface area contributed by atoms with Crippen molar-refractivity contribution in [1.82, 2.24) is 5.32 Å². The van der Waals surface area contributed by atoms with Crippen molar-refractivity contribution < 1.29 is 0 Å². The lowest BCUT2D eigenvalue weighted by Crippen LogP contribution is -2.26. The Hall–Kier alpha value is -2.06. The summed E-state index contributed by atoms with van der Waals surface area (Å²) in [6.07, 6.45) is 3.70. The van der Waals surface area contributed by atoms with Gasteiger partial charge in [0.15, 0.2) is 0 Å². The van der Waals surface area contributed by atoms with E-state index in [9.17, 15) is 0 Å². The summed E-state index contributed by atoms with van der Waals surface area (Å²) in [5.74, 6) is 0.973. The molecule has 0 aliphatic carbocycles. The van der Waals surface area contributed by atoms with Gasteiger partial charge in [0.05, 0.1) is 0 Å². The van der Waals surface area contributed by atoms with E-state index in [1.807, 2.05) is 12.1 Å². The zero-order valence-electron chi connectivity index (χ0n) is 16.1. The van der Waals surface area contributed by atoms with Crippen LogP contribution in [0.5, 0.6) is 0 Å². The topological polar surface area (TPSA) is 38.0 Å². The van der Waals surface area contributed by atoms with Crippen molar-refractivity contribution in [2.24, 2.45) is 5.92 Å². The minimum atomic E-state index is 0.849. The Labute approximate surface area is 154 Å². The quantitative estimate of drug-likeness (QED) is 0.577. The van der Waals surface area contributed by atoms with E-state index >= 15 is 0 Å². The van der Waals surface area contributed by atoms with E-state index in [1.54, 1.807) is 0 Å². The molecule has 0 amide bonds. The van der Waals surface area contributed by atoms with Crippen LogP contribution in [0.15, 0.2) is 55.6 Å². The Kier molecular flexibility index (Phi) is 9.64. The summed E-state index contributed by atoms with van der Waals surface area (Å²) >= 11 is 0. The van der Waals surface area contributed by atoms with Gasteiger partial charge < -0.3 is 11.1 Å². The van der Waals surface area contributed by atoms with Gasteiger partial charge >= 0.3 is 0 Å². The molecule has 136 valence electrons. The Morgan fingerprint density at radius 3 is 2.00 bits per heavy atom. The summed E-state index contributed by atoms with van der Waals surface area (Å²) in [6, 6.07) is 14.9. The van der Waals surface area contributed by atoms with Gasteiger partial charge in [0.1, 0.15) is 0 Å². The number of nitrogens with one attached hydrogen (secondary N) is 1. The van der Waals surface area contributed by atoms with Gasteiger partial charge in [0, 0.05) is 5.69 Å². The molecule has 0 radical (unpaired) electrons. The van der Waals surface area contributed by atoms with Gasteiger partial charge in [-0.2, -0.15) is 0 Å². The maximum atomic E-state index is 5.84. The van der Waals surface area contributed by atoms with Crippen molar-refractivity contribution in [3.8, 4) is 0 Å². The van der Waals surface area contributed by atoms with Gasteiger partial charge in [0.25, 0.3) is 0 Å². The second-order valence-corrected chi connectivity index (χ2v) is 6.85. The molecular formula is C23H34N2. The molecule has 1 aliphatic rings. The molecule has 1 fully saturated rings. The standard InChI is InChI=1S/C15H17N.C6H13N.C2H4/c1-11-3-5-13(6-4-11)9-14-7-12(2)8-15(16)10-14;1-6-2-4-7-5-3-6;1-2/h3-8,10H,9,16H2,1-2H3;6-7H,2-5H2,1H3;1-2H2. The number of hydrogen-bond donors (Lipinski definition) is 2. The number of hydrogen-bond acceptors (Lipinski definition) is 2. The molecular weight excluding hydrogens is 304 g/mol. The zero-order chi connectivity index (χ0) is 18.7. The zero-order valence-corrected chi connectivity index (χ0v) is 16.1. The normalized spacial score (nSPS) is 13.9. The Balaban J connectivity index is 0.000000290. The first kappa shape index (κ1) is 21.0. The van der Waals surface area contributed by atoms with Crippen molar-refractivity contribution >= 4 is 5.69 Å². The lowest BCUT2D eigenvalue weighted by atomic mass is 10.0. The molecule has 1 saturated heterocycles. The molecule has 1 heterocycles. The molecule has 2 aromatic rings. The summed E-state index contributed by atoms with van der Waals surface area (Å²) in [6.45, 7) is 15.0. The van der Waals surface area contributed by atoms with Crippen molar-refractivity contribution in [3.05, 3.63) is 77.9 Å². The lowest BCUT2D eigenvalue weighted by molar-refractivity contribution is 0.402. The second kappa shape index (κ2) is 11.5. The maximum Gasteiger partial charge on any atom is 0.0319 e. The van der Waals surface area contributed by atoms with E-state index in [-0.39, 0.29) is 0 Å². The van der Waals surface area contributed by atoms with E-state index in [4.69, 9.17) is 5.73 Å². The Bertz CT molecular complexity index is 590. The average molecular weight is 339 g/mol. The van der Waals surface area contributed by atoms with Crippen LogP contribution in [0.1, 0.15) is 42.0 Å². The highest BCUT2D eigenvalue weighted by atomic mass is 14.9. The van der Waals surface area contributed by atoms with Crippen molar-refractivity contribution in [2.45, 2.75) is 40.0 Å². The van der Waals surface area contributed by atoms with Crippen LogP contribution in [0.25, 0.3) is 0 Å². The summed E-state index contributed by atoms with van der Waals surface area (Å²) in [5, 5.41) is 3.32. The fourth-order valence-corrected chi connectivity index (χ4v) is 2.90. The number of aryl methyl sites for hydroxylation is 2. The minimum absolute atomic E-state index is 0.849. The van der Waals surface area contributed by atoms with E-state index in [2.05, 4.69) is 69.6 Å². The minimum Gasteiger partial charge on any atom is -0.399 e. The van der Waals surface area contributed by atoms with Crippen LogP contribution in [0.4, 0.5) is 5.69 Å². The Morgan fingerprint density at radius 1 is 0.920 bits per heavy atom. The number of benzene rings is 2. The molecule has 3 rings (SSSR count). The fourth-order valence-electron chi connectivity index (χ4n) is 2.90. The van der Waals surface area contributed by atoms with E-state index in [1.165, 1.54) is 48.2 Å². The summed E-state index contributed by atoms with van der Waals surface area (Å²) in [7, 11) is 0. The number of anilines is 1. The van der Waals surface area contributed by atoms with Gasteiger partial charge in [-0.3, -0.25) is 0 Å². The van der Waals surface area contributed by atoms with Gasteiger partial charge in [-0.05, 0) is 80.9 Å². The Morgan fingerprint density at radius 2 is 1.52 bits per heavy atom. The average Bonchev–Trinajstić information content (AvgIpc) is 2.59. The third kappa shape index (κ3) is 8.55. The van der Waals surface area contributed by atoms with Crippen LogP contribution < -0.4 is 11.1 Å². The monoisotopic (exact) mass is 338 g/mol. The summed E-state index contributed by atoms with van der Waals surface area (Å²) in [5.41, 5.74) is 11.8. The smallest absolute Gasteiger partial charge is 0.0319 e. The fraction of sp³-hybridized carbons (Fsp3) is 0.391. The molecule has 0 saturated carbocycles. The maximum absolute atomic E-state index is 5.84. The first-order valence-corrected chi connectivity index (χ1v) is 9.15. The largest absolute Gasteiger partial charge is 0.399 e. The molecule has 0 atom stereocenters. The van der Waals surface area contributed by atoms with E-state index < -0.39 is 0 Å². The van der Waals surface area contributed by atoms with Crippen LogP contribution in [0.3, 0.4) is 0 Å². The summed E-state index contributed by atoms with van der Waals surface area (Å²) in [4.78, 5) is 0. The lowest BCUT2D eigenvalue weighted by Gasteiger charge is -2.17. The first-order valence-electron chi connectivity index (χ1n) is 9.15. The molecule has 2 aromatic carbocycles. The van der Waals surface area contributed by atoms with Gasteiger partial charge in [-0.25, -0.2) is 0 Å². The molecule has 0 aromatic heterocycles. The van der Waals surface area contributed by atoms with Crippen LogP contribution in [-0.4, -0.2) is 13.1 Å². The SMILES string of the molecule is C=C.CC1CCNCC1.Cc1ccc(Cc2cc(C)cc(N)c2)cc1. The van der Waals surface area contributed by atoms with E-state index in [0.717, 1.165) is 18.0 Å². The van der Waals surface area contributed by atoms with Gasteiger partial charge in [-0.1, -0.05) is 42.8 Å². The third-order valence-corrected chi connectivity index (χ3v) is 4.32. The van der Waals surface area contributed by atoms with Crippen LogP contribution in [-0.2, 0) is 6.42 Å². The number of rotatable bonds is 2. The van der Waals surface area contributed by atoms with Crippen LogP contribution in [0.2, 0.25) is 0 Å². The molecule has 0 bridgehead atoms. The predicted octanol–water partition coefficient (Wildman–Crippen LogP) is 5.28. The highest BCUT2D eigenvalue weighted by Crippen LogP contribution is 2.15. The molecule has 2 heteroatoms. The number of nitrogen functional groups attached to an aromatic ring is 1. The van der Waals surface area contributed by atoms with E-state index in [0.29, 0.717) is 0 Å². The van der Waals surface area contributed by atoms with Crippen molar-refractivity contribution in [2.75, 3.05) is 18.8 Å². The van der Waals surface area contributed by atoms with Crippen molar-refractivity contribution in [3.63, 3.8) is 0 Å². The molecule has 3 N–H and O–H groups in total. The van der Waals surface area contributed by atoms with Crippen LogP contribution >= 0.6 is 0 Å². The third-order valence-electron chi connectivity index (χ3n) is 4.32. The van der Waals surface area contributed by atoms with Gasteiger partial charge in [-0.15, -0.1) is 13.2 Å². The molecule has 1 aliphatic heterocycles. The molecule has 2 nitrogen and oxygen atoms in total. The number of piperidine rings is 1. The predicted molar refractivity (Wildman–Crippen MR) is 112 cm³/mol. The number of nitrogens with two attached hydrogens (primary N) is 1. The second-order valence-electron chi connectivity index (χ2n) is 6.85. The molecule has 25 heavy (non-hydrogen) atoms. The summed E-state index contributed by atoms with van der Waals surface area (Å²) < 4.78 is 0.